The molecule has 2 rings (SSSR count). The standard InChI is InChI=1S/C18H34N4O2/c1-3-19-18(22(2)13-15-10-12-24-14-15)20-11-9-17(23)21-16-7-5-4-6-8-16/h15-16H,3-14H2,1-2H3,(H,19,20)(H,21,23). The Kier molecular flexibility index (Phi) is 8.36. The Morgan fingerprint density at radius 2 is 2.04 bits per heavy atom. The van der Waals surface area contributed by atoms with Crippen LogP contribution in [-0.4, -0.2) is 62.7 Å². The number of hydrogen-bond acceptors (Lipinski definition) is 3. The normalized spacial score (nSPS) is 22.4. The first-order valence-corrected chi connectivity index (χ1v) is 9.55. The number of carbonyl (C=O) groups is 1. The van der Waals surface area contributed by atoms with Crippen molar-refractivity contribution >= 4 is 11.9 Å². The third-order valence-electron chi connectivity index (χ3n) is 4.82. The fourth-order valence-corrected chi connectivity index (χ4v) is 3.48. The predicted octanol–water partition coefficient (Wildman–Crippen LogP) is 1.76. The number of aliphatic imine (C=N–C) groups is 1. The monoisotopic (exact) mass is 338 g/mol. The quantitative estimate of drug-likeness (QED) is 0.548. The zero-order valence-electron chi connectivity index (χ0n) is 15.4. The number of amides is 1. The number of ether oxygens (including phenoxy) is 1. The van der Waals surface area contributed by atoms with Crippen molar-refractivity contribution in [2.24, 2.45) is 10.9 Å². The van der Waals surface area contributed by atoms with Gasteiger partial charge in [-0.2, -0.15) is 0 Å². The maximum atomic E-state index is 12.1. The Morgan fingerprint density at radius 1 is 1.25 bits per heavy atom. The molecular weight excluding hydrogens is 304 g/mol. The smallest absolute Gasteiger partial charge is 0.222 e. The van der Waals surface area contributed by atoms with Gasteiger partial charge >= 0.3 is 0 Å². The molecule has 1 saturated heterocycles. The highest BCUT2D eigenvalue weighted by Crippen LogP contribution is 2.17. The second-order valence-corrected chi connectivity index (χ2v) is 7.00. The second-order valence-electron chi connectivity index (χ2n) is 7.00. The molecule has 2 fully saturated rings. The van der Waals surface area contributed by atoms with E-state index in [1.807, 2.05) is 0 Å². The first-order valence-electron chi connectivity index (χ1n) is 9.55. The van der Waals surface area contributed by atoms with Gasteiger partial charge in [0.05, 0.1) is 13.2 Å². The van der Waals surface area contributed by atoms with Crippen molar-refractivity contribution in [3.63, 3.8) is 0 Å². The topological polar surface area (TPSA) is 66.0 Å². The van der Waals surface area contributed by atoms with E-state index in [0.29, 0.717) is 24.9 Å². The van der Waals surface area contributed by atoms with Gasteiger partial charge in [0.1, 0.15) is 0 Å². The summed E-state index contributed by atoms with van der Waals surface area (Å²) < 4.78 is 5.44. The van der Waals surface area contributed by atoms with Gasteiger partial charge < -0.3 is 20.3 Å². The van der Waals surface area contributed by atoms with E-state index in [0.717, 1.165) is 51.5 Å². The highest BCUT2D eigenvalue weighted by atomic mass is 16.5. The first-order chi connectivity index (χ1) is 11.7. The van der Waals surface area contributed by atoms with Crippen LogP contribution in [0.25, 0.3) is 0 Å². The number of nitrogens with one attached hydrogen (secondary N) is 2. The van der Waals surface area contributed by atoms with E-state index in [-0.39, 0.29) is 5.91 Å². The van der Waals surface area contributed by atoms with Crippen LogP contribution in [0.3, 0.4) is 0 Å². The van der Waals surface area contributed by atoms with E-state index in [2.05, 4.69) is 34.5 Å². The zero-order chi connectivity index (χ0) is 17.2. The minimum absolute atomic E-state index is 0.133. The fourth-order valence-electron chi connectivity index (χ4n) is 3.48. The molecule has 24 heavy (non-hydrogen) atoms. The van der Waals surface area contributed by atoms with Gasteiger partial charge in [-0.3, -0.25) is 9.79 Å². The van der Waals surface area contributed by atoms with Gasteiger partial charge in [0.25, 0.3) is 0 Å². The summed E-state index contributed by atoms with van der Waals surface area (Å²) in [4.78, 5) is 18.8. The van der Waals surface area contributed by atoms with Crippen LogP contribution in [0.15, 0.2) is 4.99 Å². The molecule has 0 aromatic heterocycles. The molecule has 1 heterocycles. The molecule has 2 N–H and O–H groups in total. The summed E-state index contributed by atoms with van der Waals surface area (Å²) in [5, 5.41) is 6.47. The van der Waals surface area contributed by atoms with Crippen LogP contribution in [0, 0.1) is 5.92 Å². The number of carbonyl (C=O) groups excluding carboxylic acids is 1. The lowest BCUT2D eigenvalue weighted by atomic mass is 9.95. The molecule has 1 aliphatic heterocycles. The molecule has 1 amide bonds. The summed E-state index contributed by atoms with van der Waals surface area (Å²) in [5.74, 6) is 1.59. The summed E-state index contributed by atoms with van der Waals surface area (Å²) in [6, 6.07) is 0.383. The van der Waals surface area contributed by atoms with Gasteiger partial charge in [-0.05, 0) is 26.2 Å². The zero-order valence-corrected chi connectivity index (χ0v) is 15.4. The molecular formula is C18H34N4O2. The van der Waals surface area contributed by atoms with Crippen molar-refractivity contribution in [2.45, 2.75) is 57.9 Å². The van der Waals surface area contributed by atoms with Crippen molar-refractivity contribution in [1.29, 1.82) is 0 Å². The summed E-state index contributed by atoms with van der Waals surface area (Å²) in [5.41, 5.74) is 0. The number of rotatable bonds is 7. The number of nitrogens with zero attached hydrogens (tertiary/aromatic N) is 2. The van der Waals surface area contributed by atoms with Crippen LogP contribution >= 0.6 is 0 Å². The van der Waals surface area contributed by atoms with E-state index in [4.69, 9.17) is 4.74 Å². The molecule has 1 atom stereocenters. The summed E-state index contributed by atoms with van der Waals surface area (Å²) in [6.45, 7) is 6.09. The maximum absolute atomic E-state index is 12.1. The molecule has 1 saturated carbocycles. The van der Waals surface area contributed by atoms with E-state index in [9.17, 15) is 4.79 Å². The molecule has 0 spiro atoms. The van der Waals surface area contributed by atoms with Gasteiger partial charge in [0, 0.05) is 45.1 Å². The lowest BCUT2D eigenvalue weighted by Gasteiger charge is -2.24. The Bertz CT molecular complexity index is 402. The largest absolute Gasteiger partial charge is 0.381 e. The Labute approximate surface area is 146 Å². The van der Waals surface area contributed by atoms with E-state index in [1.54, 1.807) is 0 Å². The molecule has 1 aliphatic carbocycles. The molecule has 2 aliphatic rings. The molecule has 0 bridgehead atoms. The number of guanidine groups is 1. The first kappa shape index (κ1) is 19.0. The Balaban J connectivity index is 1.73. The van der Waals surface area contributed by atoms with Crippen molar-refractivity contribution in [1.82, 2.24) is 15.5 Å². The van der Waals surface area contributed by atoms with Crippen molar-refractivity contribution in [2.75, 3.05) is 39.9 Å². The van der Waals surface area contributed by atoms with Gasteiger partial charge in [0.2, 0.25) is 5.91 Å². The lowest BCUT2D eigenvalue weighted by Crippen LogP contribution is -2.42. The van der Waals surface area contributed by atoms with Crippen LogP contribution in [0.4, 0.5) is 0 Å². The van der Waals surface area contributed by atoms with Crippen molar-refractivity contribution in [3.05, 3.63) is 0 Å². The SMILES string of the molecule is CCNC(=NCCC(=O)NC1CCCCC1)N(C)CC1CCOC1. The predicted molar refractivity (Wildman–Crippen MR) is 97.2 cm³/mol. The van der Waals surface area contributed by atoms with Crippen LogP contribution in [0.5, 0.6) is 0 Å². The average molecular weight is 338 g/mol. The van der Waals surface area contributed by atoms with E-state index >= 15 is 0 Å². The summed E-state index contributed by atoms with van der Waals surface area (Å²) in [7, 11) is 2.06. The number of hydrogen-bond donors (Lipinski definition) is 2. The van der Waals surface area contributed by atoms with Crippen molar-refractivity contribution < 1.29 is 9.53 Å². The molecule has 1 unspecified atom stereocenters. The third-order valence-corrected chi connectivity index (χ3v) is 4.82. The van der Waals surface area contributed by atoms with Gasteiger partial charge in [-0.1, -0.05) is 19.3 Å². The maximum Gasteiger partial charge on any atom is 0.222 e. The lowest BCUT2D eigenvalue weighted by molar-refractivity contribution is -0.121. The third kappa shape index (κ3) is 6.67. The van der Waals surface area contributed by atoms with Crippen LogP contribution in [-0.2, 0) is 9.53 Å². The molecule has 6 nitrogen and oxygen atoms in total. The minimum atomic E-state index is 0.133. The molecule has 0 aromatic carbocycles. The van der Waals surface area contributed by atoms with Crippen LogP contribution < -0.4 is 10.6 Å². The van der Waals surface area contributed by atoms with Crippen LogP contribution in [0.1, 0.15) is 51.9 Å². The van der Waals surface area contributed by atoms with Gasteiger partial charge in [-0.15, -0.1) is 0 Å². The fraction of sp³-hybridized carbons (Fsp3) is 0.889. The molecule has 0 aromatic rings. The minimum Gasteiger partial charge on any atom is -0.381 e. The van der Waals surface area contributed by atoms with Gasteiger partial charge in [0.15, 0.2) is 5.96 Å². The summed E-state index contributed by atoms with van der Waals surface area (Å²) >= 11 is 0. The molecule has 0 radical (unpaired) electrons. The van der Waals surface area contributed by atoms with E-state index in [1.165, 1.54) is 19.3 Å². The molecule has 6 heteroatoms. The second kappa shape index (κ2) is 10.5. The Morgan fingerprint density at radius 3 is 2.71 bits per heavy atom. The summed E-state index contributed by atoms with van der Waals surface area (Å²) in [6.07, 6.45) is 7.63. The van der Waals surface area contributed by atoms with Gasteiger partial charge in [-0.25, -0.2) is 0 Å². The van der Waals surface area contributed by atoms with Crippen molar-refractivity contribution in [3.8, 4) is 0 Å². The average Bonchev–Trinajstić information content (AvgIpc) is 3.08. The van der Waals surface area contributed by atoms with Crippen LogP contribution in [0.2, 0.25) is 0 Å². The highest BCUT2D eigenvalue weighted by Gasteiger charge is 2.19. The van der Waals surface area contributed by atoms with E-state index < -0.39 is 0 Å². The molecule has 138 valence electrons. The Hall–Kier alpha value is -1.30. The highest BCUT2D eigenvalue weighted by molar-refractivity contribution is 5.80.